The van der Waals surface area contributed by atoms with E-state index in [0.29, 0.717) is 6.42 Å². The van der Waals surface area contributed by atoms with Gasteiger partial charge in [-0.25, -0.2) is 4.79 Å². The van der Waals surface area contributed by atoms with E-state index < -0.39 is 11.8 Å². The molecule has 0 unspecified atom stereocenters. The highest BCUT2D eigenvalue weighted by atomic mass is 28.1. The van der Waals surface area contributed by atoms with Crippen LogP contribution in [0.4, 0.5) is 0 Å². The number of methoxy groups -OCH3 is 3. The van der Waals surface area contributed by atoms with Crippen molar-refractivity contribution in [2.75, 3.05) is 21.3 Å². The van der Waals surface area contributed by atoms with E-state index in [9.17, 15) is 4.79 Å². The molecule has 0 aromatic rings. The Kier molecular flexibility index (Phi) is 5.11. The molecule has 0 aliphatic heterocycles. The van der Waals surface area contributed by atoms with Crippen molar-refractivity contribution < 1.29 is 19.0 Å². The Balaban J connectivity index is 4.44. The third kappa shape index (κ3) is 2.30. The first kappa shape index (κ1) is 11.6. The molecule has 0 saturated carbocycles. The zero-order chi connectivity index (χ0) is 9.61. The summed E-state index contributed by atoms with van der Waals surface area (Å²) in [5.41, 5.74) is 0. The second-order valence-electron chi connectivity index (χ2n) is 2.40. The minimum Gasteiger partial charge on any atom is -0.465 e. The highest BCUT2D eigenvalue weighted by molar-refractivity contribution is 6.08. The van der Waals surface area contributed by atoms with Crippen LogP contribution in [0.25, 0.3) is 0 Å². The molecule has 0 aromatic carbocycles. The molecule has 5 heteroatoms. The average molecular weight is 192 g/mol. The van der Waals surface area contributed by atoms with Gasteiger partial charge >= 0.3 is 5.97 Å². The summed E-state index contributed by atoms with van der Waals surface area (Å²) in [5.74, 6) is -1.65. The quantitative estimate of drug-likeness (QED) is 0.329. The first-order valence-corrected chi connectivity index (χ1v) is 5.27. The van der Waals surface area contributed by atoms with Crippen LogP contribution in [0, 0.1) is 0 Å². The van der Waals surface area contributed by atoms with Crippen molar-refractivity contribution in [2.24, 2.45) is 0 Å². The summed E-state index contributed by atoms with van der Waals surface area (Å²) >= 11 is 0. The summed E-state index contributed by atoms with van der Waals surface area (Å²) in [6.45, 7) is 0. The molecule has 0 fully saturated rings. The molecule has 0 aliphatic rings. The summed E-state index contributed by atoms with van der Waals surface area (Å²) in [5, 5.41) is 0. The predicted molar refractivity (Wildman–Crippen MR) is 48.1 cm³/mol. The number of esters is 1. The van der Waals surface area contributed by atoms with E-state index in [1.165, 1.54) is 21.3 Å². The summed E-state index contributed by atoms with van der Waals surface area (Å²) < 4.78 is 14.6. The highest BCUT2D eigenvalue weighted by Gasteiger charge is 2.39. The van der Waals surface area contributed by atoms with E-state index in [2.05, 4.69) is 4.74 Å². The Morgan fingerprint density at radius 2 is 1.83 bits per heavy atom. The monoisotopic (exact) mass is 192 g/mol. The van der Waals surface area contributed by atoms with Crippen LogP contribution in [-0.2, 0) is 19.0 Å². The molecule has 0 N–H and O–H groups in total. The van der Waals surface area contributed by atoms with Crippen molar-refractivity contribution in [3.05, 3.63) is 0 Å². The van der Waals surface area contributed by atoms with Gasteiger partial charge in [-0.05, 0) is 0 Å². The van der Waals surface area contributed by atoms with Gasteiger partial charge in [-0.1, -0.05) is 6.04 Å². The lowest BCUT2D eigenvalue weighted by Crippen LogP contribution is -2.43. The molecular weight excluding hydrogens is 176 g/mol. The second kappa shape index (κ2) is 5.29. The molecule has 0 spiro atoms. The fourth-order valence-corrected chi connectivity index (χ4v) is 1.70. The van der Waals surface area contributed by atoms with Gasteiger partial charge in [-0.15, -0.1) is 0 Å². The lowest BCUT2D eigenvalue weighted by atomic mass is 10.2. The largest absolute Gasteiger partial charge is 0.465 e. The molecule has 0 atom stereocenters. The number of rotatable bonds is 5. The van der Waals surface area contributed by atoms with Gasteiger partial charge in [0.05, 0.1) is 7.11 Å². The molecule has 0 amide bonds. The summed E-state index contributed by atoms with van der Waals surface area (Å²) in [6, 6.07) is 0.927. The van der Waals surface area contributed by atoms with Gasteiger partial charge in [0.25, 0.3) is 5.79 Å². The van der Waals surface area contributed by atoms with Crippen molar-refractivity contribution in [3.8, 4) is 0 Å². The number of hydrogen-bond donors (Lipinski definition) is 0. The van der Waals surface area contributed by atoms with E-state index in [-0.39, 0.29) is 0 Å². The fraction of sp³-hybridized carbons (Fsp3) is 0.857. The van der Waals surface area contributed by atoms with Gasteiger partial charge in [0.1, 0.15) is 0 Å². The highest BCUT2D eigenvalue weighted by Crippen LogP contribution is 2.19. The molecular formula is C7H16O4Si. The van der Waals surface area contributed by atoms with E-state index >= 15 is 0 Å². The topological polar surface area (TPSA) is 44.8 Å². The maximum absolute atomic E-state index is 11.2. The zero-order valence-electron chi connectivity index (χ0n) is 8.05. The molecule has 0 aromatic heterocycles. The maximum atomic E-state index is 11.2. The maximum Gasteiger partial charge on any atom is 0.366 e. The fourth-order valence-electron chi connectivity index (χ4n) is 1.04. The number of carbonyl (C=O) groups excluding carboxylic acids is 1. The van der Waals surface area contributed by atoms with Crippen molar-refractivity contribution in [1.82, 2.24) is 0 Å². The van der Waals surface area contributed by atoms with Gasteiger partial charge < -0.3 is 14.2 Å². The van der Waals surface area contributed by atoms with Gasteiger partial charge in [-0.2, -0.15) is 0 Å². The third-order valence-corrected chi connectivity index (χ3v) is 2.23. The molecule has 0 heterocycles. The number of carbonyl (C=O) groups is 1. The Labute approximate surface area is 75.6 Å². The molecule has 0 rings (SSSR count). The first-order chi connectivity index (χ1) is 5.66. The lowest BCUT2D eigenvalue weighted by Gasteiger charge is -2.26. The van der Waals surface area contributed by atoms with Crippen LogP contribution in [-0.4, -0.2) is 43.3 Å². The molecule has 4 nitrogen and oxygen atoms in total. The van der Waals surface area contributed by atoms with Crippen molar-refractivity contribution in [1.29, 1.82) is 0 Å². The van der Waals surface area contributed by atoms with Crippen LogP contribution >= 0.6 is 0 Å². The number of hydrogen-bond acceptors (Lipinski definition) is 4. The van der Waals surface area contributed by atoms with E-state index in [1.807, 2.05) is 0 Å². The second-order valence-corrected chi connectivity index (χ2v) is 3.40. The summed E-state index contributed by atoms with van der Waals surface area (Å²) in [4.78, 5) is 11.2. The van der Waals surface area contributed by atoms with Gasteiger partial charge in [0.15, 0.2) is 0 Å². The Morgan fingerprint density at radius 3 is 2.08 bits per heavy atom. The van der Waals surface area contributed by atoms with Crippen molar-refractivity contribution in [2.45, 2.75) is 18.3 Å². The lowest BCUT2D eigenvalue weighted by molar-refractivity contribution is -0.228. The van der Waals surface area contributed by atoms with E-state index in [4.69, 9.17) is 9.47 Å². The first-order valence-electron chi connectivity index (χ1n) is 3.85. The molecule has 72 valence electrons. The van der Waals surface area contributed by atoms with E-state index in [0.717, 1.165) is 16.3 Å². The standard InChI is InChI=1S/C7H16O4Si/c1-9-6(8)7(10-2,11-3)4-5-12/h4-5H2,1-3,12H3. The van der Waals surface area contributed by atoms with Crippen LogP contribution in [0.5, 0.6) is 0 Å². The van der Waals surface area contributed by atoms with Crippen molar-refractivity contribution >= 4 is 16.2 Å². The van der Waals surface area contributed by atoms with Crippen LogP contribution in [0.3, 0.4) is 0 Å². The van der Waals surface area contributed by atoms with Gasteiger partial charge in [-0.3, -0.25) is 0 Å². The average Bonchev–Trinajstić information content (AvgIpc) is 2.13. The van der Waals surface area contributed by atoms with Crippen LogP contribution in [0.15, 0.2) is 0 Å². The molecule has 0 aliphatic carbocycles. The number of ether oxygens (including phenoxy) is 3. The Hall–Kier alpha value is -0.393. The van der Waals surface area contributed by atoms with Crippen LogP contribution in [0.1, 0.15) is 6.42 Å². The summed E-state index contributed by atoms with van der Waals surface area (Å²) in [6.07, 6.45) is 0.554. The molecule has 0 saturated heterocycles. The Morgan fingerprint density at radius 1 is 1.33 bits per heavy atom. The van der Waals surface area contributed by atoms with Gasteiger partial charge in [0, 0.05) is 30.9 Å². The van der Waals surface area contributed by atoms with E-state index in [1.54, 1.807) is 0 Å². The summed E-state index contributed by atoms with van der Waals surface area (Å²) in [7, 11) is 5.22. The smallest absolute Gasteiger partial charge is 0.366 e. The minimum absolute atomic E-state index is 0.469. The minimum atomic E-state index is -1.18. The molecule has 12 heavy (non-hydrogen) atoms. The zero-order valence-corrected chi connectivity index (χ0v) is 10.0. The molecule has 0 bridgehead atoms. The van der Waals surface area contributed by atoms with Gasteiger partial charge in [0.2, 0.25) is 0 Å². The normalized spacial score (nSPS) is 11.6. The molecule has 0 radical (unpaired) electrons. The van der Waals surface area contributed by atoms with Crippen LogP contribution in [0.2, 0.25) is 6.04 Å². The predicted octanol–water partition coefficient (Wildman–Crippen LogP) is -0.678. The van der Waals surface area contributed by atoms with Crippen LogP contribution < -0.4 is 0 Å². The third-order valence-electron chi connectivity index (χ3n) is 1.73. The Bertz CT molecular complexity index is 144. The SMILES string of the molecule is COC(=O)C(CC[SiH3])(OC)OC. The van der Waals surface area contributed by atoms with Crippen molar-refractivity contribution in [3.63, 3.8) is 0 Å².